The minimum Gasteiger partial charge on any atom is -0.496 e. The van der Waals surface area contributed by atoms with E-state index in [4.69, 9.17) is 26.3 Å². The van der Waals surface area contributed by atoms with E-state index in [1.165, 1.54) is 6.08 Å². The van der Waals surface area contributed by atoms with E-state index in [0.29, 0.717) is 23.4 Å². The third kappa shape index (κ3) is 6.74. The van der Waals surface area contributed by atoms with Crippen LogP contribution in [0.3, 0.4) is 0 Å². The molecule has 0 atom stereocenters. The molecular formula is C25H28ClN3O3. The standard InChI is InChI=1S/C25H28ClN3O3/c1-18-15-22(5-6-23(18)26)32-21-9-12-29(13-10-21)14-11-28-25(30)8-4-20-16-19(17-27)3-7-24(20)31-2/h3-8,15-16,21H,9-14H2,1-2H3,(H,28,30). The van der Waals surface area contributed by atoms with Gasteiger partial charge in [-0.15, -0.1) is 0 Å². The number of aryl methyl sites for hydroxylation is 1. The third-order valence-electron chi connectivity index (χ3n) is 5.47. The van der Waals surface area contributed by atoms with Crippen LogP contribution < -0.4 is 14.8 Å². The molecule has 0 bridgehead atoms. The highest BCUT2D eigenvalue weighted by Crippen LogP contribution is 2.24. The number of rotatable bonds is 8. The number of nitrogens with one attached hydrogen (secondary N) is 1. The van der Waals surface area contributed by atoms with Gasteiger partial charge in [-0.05, 0) is 67.8 Å². The van der Waals surface area contributed by atoms with E-state index >= 15 is 0 Å². The lowest BCUT2D eigenvalue weighted by Gasteiger charge is -2.32. The van der Waals surface area contributed by atoms with Gasteiger partial charge in [0.25, 0.3) is 0 Å². The Kier molecular flexibility index (Phi) is 8.55. The van der Waals surface area contributed by atoms with Gasteiger partial charge >= 0.3 is 0 Å². The molecule has 0 aromatic heterocycles. The maximum atomic E-state index is 12.2. The SMILES string of the molecule is COc1ccc(C#N)cc1C=CC(=O)NCCN1CCC(Oc2ccc(Cl)c(C)c2)CC1. The molecule has 1 fully saturated rings. The van der Waals surface area contributed by atoms with E-state index in [0.717, 1.165) is 48.8 Å². The summed E-state index contributed by atoms with van der Waals surface area (Å²) in [5, 5.41) is 12.7. The first-order valence-electron chi connectivity index (χ1n) is 10.7. The number of nitrogens with zero attached hydrogens (tertiary/aromatic N) is 2. The lowest BCUT2D eigenvalue weighted by atomic mass is 10.1. The second-order valence-corrected chi connectivity index (χ2v) is 8.17. The summed E-state index contributed by atoms with van der Waals surface area (Å²) in [7, 11) is 1.56. The van der Waals surface area contributed by atoms with E-state index in [1.807, 2.05) is 25.1 Å². The summed E-state index contributed by atoms with van der Waals surface area (Å²) in [4.78, 5) is 14.5. The number of methoxy groups -OCH3 is 1. The Morgan fingerprint density at radius 3 is 2.75 bits per heavy atom. The lowest BCUT2D eigenvalue weighted by Crippen LogP contribution is -2.42. The van der Waals surface area contributed by atoms with Gasteiger partial charge in [0.2, 0.25) is 5.91 Å². The van der Waals surface area contributed by atoms with Crippen LogP contribution in [0.5, 0.6) is 11.5 Å². The van der Waals surface area contributed by atoms with Crippen LogP contribution in [0, 0.1) is 18.3 Å². The second-order valence-electron chi connectivity index (χ2n) is 7.76. The molecule has 3 rings (SSSR count). The number of hydrogen-bond acceptors (Lipinski definition) is 5. The minimum absolute atomic E-state index is 0.175. The summed E-state index contributed by atoms with van der Waals surface area (Å²) in [6.45, 7) is 5.20. The van der Waals surface area contributed by atoms with Gasteiger partial charge in [0.1, 0.15) is 17.6 Å². The van der Waals surface area contributed by atoms with Crippen LogP contribution in [0.1, 0.15) is 29.5 Å². The fourth-order valence-electron chi connectivity index (χ4n) is 3.63. The molecule has 2 aromatic rings. The van der Waals surface area contributed by atoms with Crippen LogP contribution in [0.2, 0.25) is 5.02 Å². The van der Waals surface area contributed by atoms with Crippen LogP contribution in [0.25, 0.3) is 6.08 Å². The van der Waals surface area contributed by atoms with Crippen molar-refractivity contribution in [1.29, 1.82) is 5.26 Å². The number of halogens is 1. The van der Waals surface area contributed by atoms with Crippen molar-refractivity contribution in [3.05, 3.63) is 64.2 Å². The van der Waals surface area contributed by atoms with Crippen molar-refractivity contribution >= 4 is 23.6 Å². The van der Waals surface area contributed by atoms with Crippen molar-refractivity contribution < 1.29 is 14.3 Å². The Balaban J connectivity index is 1.39. The molecule has 1 amide bonds. The number of benzene rings is 2. The minimum atomic E-state index is -0.175. The smallest absolute Gasteiger partial charge is 0.244 e. The third-order valence-corrected chi connectivity index (χ3v) is 5.89. The highest BCUT2D eigenvalue weighted by atomic mass is 35.5. The highest BCUT2D eigenvalue weighted by molar-refractivity contribution is 6.31. The first-order chi connectivity index (χ1) is 15.5. The molecule has 1 heterocycles. The molecule has 32 heavy (non-hydrogen) atoms. The topological polar surface area (TPSA) is 74.6 Å². The molecule has 2 aromatic carbocycles. The van der Waals surface area contributed by atoms with Crippen LogP contribution in [-0.2, 0) is 4.79 Å². The average Bonchev–Trinajstić information content (AvgIpc) is 2.81. The normalized spacial score (nSPS) is 14.8. The van der Waals surface area contributed by atoms with Gasteiger partial charge in [-0.2, -0.15) is 5.26 Å². The van der Waals surface area contributed by atoms with Gasteiger partial charge in [0, 0.05) is 42.8 Å². The number of hydrogen-bond donors (Lipinski definition) is 1. The Hall–Kier alpha value is -3.01. The Morgan fingerprint density at radius 1 is 1.28 bits per heavy atom. The Morgan fingerprint density at radius 2 is 2.06 bits per heavy atom. The maximum absolute atomic E-state index is 12.2. The maximum Gasteiger partial charge on any atom is 0.244 e. The van der Waals surface area contributed by atoms with Gasteiger partial charge in [-0.25, -0.2) is 0 Å². The van der Waals surface area contributed by atoms with E-state index in [-0.39, 0.29) is 12.0 Å². The quantitative estimate of drug-likeness (QED) is 0.606. The number of likely N-dealkylation sites (tertiary alicyclic amines) is 1. The van der Waals surface area contributed by atoms with Crippen molar-refractivity contribution in [2.45, 2.75) is 25.9 Å². The van der Waals surface area contributed by atoms with E-state index in [2.05, 4.69) is 16.3 Å². The molecule has 1 aliphatic heterocycles. The Bertz CT molecular complexity index is 1010. The first-order valence-corrected chi connectivity index (χ1v) is 11.1. The monoisotopic (exact) mass is 453 g/mol. The second kappa shape index (κ2) is 11.6. The molecule has 0 unspecified atom stereocenters. The fourth-order valence-corrected chi connectivity index (χ4v) is 3.75. The van der Waals surface area contributed by atoms with Crippen molar-refractivity contribution in [1.82, 2.24) is 10.2 Å². The number of nitriles is 1. The van der Waals surface area contributed by atoms with Crippen LogP contribution in [0.4, 0.5) is 0 Å². The Labute approximate surface area is 194 Å². The number of amides is 1. The molecule has 6 nitrogen and oxygen atoms in total. The molecule has 0 radical (unpaired) electrons. The molecule has 0 aliphatic carbocycles. The van der Waals surface area contributed by atoms with Crippen molar-refractivity contribution in [2.75, 3.05) is 33.3 Å². The van der Waals surface area contributed by atoms with Crippen molar-refractivity contribution in [2.24, 2.45) is 0 Å². The molecule has 1 aliphatic rings. The molecule has 0 saturated carbocycles. The molecule has 168 valence electrons. The summed E-state index contributed by atoms with van der Waals surface area (Å²) in [5.74, 6) is 1.30. The van der Waals surface area contributed by atoms with Crippen LogP contribution in [-0.4, -0.2) is 50.2 Å². The fraction of sp³-hybridized carbons (Fsp3) is 0.360. The molecule has 0 spiro atoms. The van der Waals surface area contributed by atoms with Gasteiger partial charge in [0.15, 0.2) is 0 Å². The van der Waals surface area contributed by atoms with Crippen molar-refractivity contribution in [3.8, 4) is 17.6 Å². The van der Waals surface area contributed by atoms with Gasteiger partial charge in [-0.1, -0.05) is 11.6 Å². The summed E-state index contributed by atoms with van der Waals surface area (Å²) >= 11 is 6.08. The lowest BCUT2D eigenvalue weighted by molar-refractivity contribution is -0.116. The van der Waals surface area contributed by atoms with Gasteiger partial charge in [-0.3, -0.25) is 4.79 Å². The van der Waals surface area contributed by atoms with E-state index in [1.54, 1.807) is 31.4 Å². The zero-order valence-corrected chi connectivity index (χ0v) is 19.2. The zero-order chi connectivity index (χ0) is 22.9. The summed E-state index contributed by atoms with van der Waals surface area (Å²) in [6.07, 6.45) is 5.22. The first kappa shape index (κ1) is 23.6. The van der Waals surface area contributed by atoms with Crippen molar-refractivity contribution in [3.63, 3.8) is 0 Å². The predicted molar refractivity (Wildman–Crippen MR) is 126 cm³/mol. The molecule has 7 heteroatoms. The largest absolute Gasteiger partial charge is 0.496 e. The highest BCUT2D eigenvalue weighted by Gasteiger charge is 2.20. The zero-order valence-electron chi connectivity index (χ0n) is 18.4. The summed E-state index contributed by atoms with van der Waals surface area (Å²) in [5.41, 5.74) is 2.23. The van der Waals surface area contributed by atoms with E-state index < -0.39 is 0 Å². The average molecular weight is 454 g/mol. The molecule has 1 saturated heterocycles. The van der Waals surface area contributed by atoms with Gasteiger partial charge in [0.05, 0.1) is 18.7 Å². The molecule has 1 N–H and O–H groups in total. The van der Waals surface area contributed by atoms with E-state index in [9.17, 15) is 4.79 Å². The number of ether oxygens (including phenoxy) is 2. The number of piperidine rings is 1. The number of carbonyl (C=O) groups is 1. The van der Waals surface area contributed by atoms with Crippen LogP contribution in [0.15, 0.2) is 42.5 Å². The van der Waals surface area contributed by atoms with Gasteiger partial charge < -0.3 is 19.7 Å². The summed E-state index contributed by atoms with van der Waals surface area (Å²) in [6, 6.07) is 12.9. The van der Waals surface area contributed by atoms with Crippen LogP contribution >= 0.6 is 11.6 Å². The summed E-state index contributed by atoms with van der Waals surface area (Å²) < 4.78 is 11.4. The molecular weight excluding hydrogens is 426 g/mol. The number of carbonyl (C=O) groups excluding carboxylic acids is 1. The predicted octanol–water partition coefficient (Wildman–Crippen LogP) is 4.20.